The van der Waals surface area contributed by atoms with Gasteiger partial charge in [-0.1, -0.05) is 23.2 Å². The molecule has 0 atom stereocenters. The molecule has 0 aliphatic carbocycles. The van der Waals surface area contributed by atoms with Crippen LogP contribution in [0, 0.1) is 6.92 Å². The molecule has 0 unspecified atom stereocenters. The van der Waals surface area contributed by atoms with Crippen molar-refractivity contribution >= 4 is 39.1 Å². The van der Waals surface area contributed by atoms with E-state index in [1.54, 1.807) is 6.92 Å². The van der Waals surface area contributed by atoms with Gasteiger partial charge in [-0.15, -0.1) is 4.83 Å². The molecular formula is C12H10Cl2N2O4S. The first-order valence-corrected chi connectivity index (χ1v) is 7.86. The quantitative estimate of drug-likeness (QED) is 0.831. The Bertz CT molecular complexity index is 766. The summed E-state index contributed by atoms with van der Waals surface area (Å²) in [4.78, 5) is 13.6. The van der Waals surface area contributed by atoms with Gasteiger partial charge in [0.15, 0.2) is 0 Å². The minimum Gasteiger partial charge on any atom is -0.469 e. The van der Waals surface area contributed by atoms with Gasteiger partial charge < -0.3 is 4.42 Å². The third kappa shape index (κ3) is 3.76. The van der Waals surface area contributed by atoms with Crippen LogP contribution < -0.4 is 10.3 Å². The van der Waals surface area contributed by atoms with Gasteiger partial charge in [0.05, 0.1) is 16.7 Å². The van der Waals surface area contributed by atoms with Crippen molar-refractivity contribution in [2.75, 3.05) is 0 Å². The maximum absolute atomic E-state index is 12.0. The van der Waals surface area contributed by atoms with E-state index >= 15 is 0 Å². The molecule has 0 aliphatic rings. The first-order valence-electron chi connectivity index (χ1n) is 5.62. The predicted molar refractivity (Wildman–Crippen MR) is 77.7 cm³/mol. The molecule has 1 aromatic carbocycles. The summed E-state index contributed by atoms with van der Waals surface area (Å²) in [6.45, 7) is 1.58. The topological polar surface area (TPSA) is 88.4 Å². The van der Waals surface area contributed by atoms with Crippen LogP contribution in [-0.4, -0.2) is 14.3 Å². The van der Waals surface area contributed by atoms with E-state index in [1.165, 1.54) is 30.5 Å². The number of rotatable bonds is 4. The molecule has 0 saturated heterocycles. The van der Waals surface area contributed by atoms with Crippen LogP contribution in [0.2, 0.25) is 10.0 Å². The summed E-state index contributed by atoms with van der Waals surface area (Å²) in [7, 11) is -3.99. The lowest BCUT2D eigenvalue weighted by Crippen LogP contribution is -2.41. The summed E-state index contributed by atoms with van der Waals surface area (Å²) in [6.07, 6.45) is 1.33. The molecule has 112 valence electrons. The molecule has 1 amide bonds. The fraction of sp³-hybridized carbons (Fsp3) is 0.0833. The van der Waals surface area contributed by atoms with Crippen molar-refractivity contribution in [1.82, 2.24) is 10.3 Å². The summed E-state index contributed by atoms with van der Waals surface area (Å²) in [5, 5.41) is 0.333. The van der Waals surface area contributed by atoms with E-state index < -0.39 is 15.9 Å². The number of sulfonamides is 1. The summed E-state index contributed by atoms with van der Waals surface area (Å²) in [5.41, 5.74) is 2.30. The zero-order chi connectivity index (χ0) is 15.6. The van der Waals surface area contributed by atoms with E-state index in [4.69, 9.17) is 27.6 Å². The Morgan fingerprint density at radius 1 is 1.19 bits per heavy atom. The fourth-order valence-electron chi connectivity index (χ4n) is 1.54. The lowest BCUT2D eigenvalue weighted by molar-refractivity contribution is 0.0943. The Morgan fingerprint density at radius 2 is 1.81 bits per heavy atom. The molecule has 0 saturated carbocycles. The minimum atomic E-state index is -3.99. The summed E-state index contributed by atoms with van der Waals surface area (Å²) < 4.78 is 29.0. The number of hydrogen-bond donors (Lipinski definition) is 2. The number of furan rings is 1. The van der Waals surface area contributed by atoms with Crippen molar-refractivity contribution in [3.63, 3.8) is 0 Å². The molecule has 0 bridgehead atoms. The first-order chi connectivity index (χ1) is 9.79. The lowest BCUT2D eigenvalue weighted by atomic mass is 10.2. The summed E-state index contributed by atoms with van der Waals surface area (Å²) >= 11 is 11.5. The lowest BCUT2D eigenvalue weighted by Gasteiger charge is -2.08. The van der Waals surface area contributed by atoms with Crippen LogP contribution in [-0.2, 0) is 10.0 Å². The molecule has 21 heavy (non-hydrogen) atoms. The number of carbonyl (C=O) groups excluding carboxylic acids is 1. The molecule has 0 aliphatic heterocycles. The fourth-order valence-corrected chi connectivity index (χ4v) is 3.11. The van der Waals surface area contributed by atoms with Gasteiger partial charge in [-0.25, -0.2) is 8.42 Å². The highest BCUT2D eigenvalue weighted by atomic mass is 35.5. The van der Waals surface area contributed by atoms with E-state index in [2.05, 4.69) is 5.43 Å². The molecule has 1 aromatic heterocycles. The molecule has 2 aromatic rings. The van der Waals surface area contributed by atoms with Crippen molar-refractivity contribution in [3.8, 4) is 0 Å². The van der Waals surface area contributed by atoms with Crippen molar-refractivity contribution in [1.29, 1.82) is 0 Å². The number of benzene rings is 1. The molecule has 0 spiro atoms. The highest BCUT2D eigenvalue weighted by Crippen LogP contribution is 2.21. The minimum absolute atomic E-state index is 0.163. The first kappa shape index (κ1) is 15.8. The molecule has 2 N–H and O–H groups in total. The van der Waals surface area contributed by atoms with Crippen LogP contribution in [0.5, 0.6) is 0 Å². The molecule has 2 rings (SSSR count). The Labute approximate surface area is 131 Å². The van der Waals surface area contributed by atoms with E-state index in [1.807, 2.05) is 4.83 Å². The van der Waals surface area contributed by atoms with Gasteiger partial charge >= 0.3 is 0 Å². The van der Waals surface area contributed by atoms with Crippen LogP contribution in [0.3, 0.4) is 0 Å². The average Bonchev–Trinajstić information content (AvgIpc) is 2.81. The van der Waals surface area contributed by atoms with Crippen LogP contribution in [0.1, 0.15) is 16.1 Å². The molecule has 9 heteroatoms. The largest absolute Gasteiger partial charge is 0.469 e. The van der Waals surface area contributed by atoms with Gasteiger partial charge in [-0.3, -0.25) is 10.2 Å². The number of halogens is 2. The zero-order valence-corrected chi connectivity index (χ0v) is 13.0. The molecule has 6 nitrogen and oxygen atoms in total. The van der Waals surface area contributed by atoms with Crippen molar-refractivity contribution in [2.24, 2.45) is 0 Å². The number of hydrazine groups is 1. The average molecular weight is 349 g/mol. The Balaban J connectivity index is 2.15. The highest BCUT2D eigenvalue weighted by Gasteiger charge is 2.18. The number of hydrogen-bond acceptors (Lipinski definition) is 4. The SMILES string of the molecule is Cc1occc1C(=O)NNS(=O)(=O)c1cc(Cl)cc(Cl)c1. The van der Waals surface area contributed by atoms with E-state index in [-0.39, 0.29) is 20.5 Å². The third-order valence-electron chi connectivity index (χ3n) is 2.55. The van der Waals surface area contributed by atoms with Crippen molar-refractivity contribution in [2.45, 2.75) is 11.8 Å². The third-order valence-corrected chi connectivity index (χ3v) is 4.21. The monoisotopic (exact) mass is 348 g/mol. The Morgan fingerprint density at radius 3 is 2.33 bits per heavy atom. The van der Waals surface area contributed by atoms with Crippen molar-refractivity contribution < 1.29 is 17.6 Å². The Kier molecular flexibility index (Phi) is 4.58. The van der Waals surface area contributed by atoms with E-state index in [0.29, 0.717) is 5.76 Å². The summed E-state index contributed by atoms with van der Waals surface area (Å²) in [6, 6.07) is 5.25. The summed E-state index contributed by atoms with van der Waals surface area (Å²) in [5.74, 6) is -0.268. The maximum Gasteiger partial charge on any atom is 0.269 e. The Hall–Kier alpha value is -1.54. The van der Waals surface area contributed by atoms with Gasteiger partial charge in [0.2, 0.25) is 0 Å². The van der Waals surface area contributed by atoms with Crippen LogP contribution in [0.4, 0.5) is 0 Å². The number of aryl methyl sites for hydroxylation is 1. The maximum atomic E-state index is 12.0. The van der Waals surface area contributed by atoms with Crippen molar-refractivity contribution in [3.05, 3.63) is 51.9 Å². The standard InChI is InChI=1S/C12H10Cl2N2O4S/c1-7-11(2-3-20-7)12(17)15-16-21(18,19)10-5-8(13)4-9(14)6-10/h2-6,16H,1H3,(H,15,17). The van der Waals surface area contributed by atoms with Crippen LogP contribution >= 0.6 is 23.2 Å². The van der Waals surface area contributed by atoms with Gasteiger partial charge in [-0.05, 0) is 31.2 Å². The van der Waals surface area contributed by atoms with Gasteiger partial charge in [0, 0.05) is 10.0 Å². The van der Waals surface area contributed by atoms with Gasteiger partial charge in [-0.2, -0.15) is 0 Å². The predicted octanol–water partition coefficient (Wildman–Crippen LogP) is 2.52. The second-order valence-corrected chi connectivity index (χ2v) is 6.61. The molecule has 0 radical (unpaired) electrons. The second-order valence-electron chi connectivity index (χ2n) is 4.06. The molecular weight excluding hydrogens is 339 g/mol. The highest BCUT2D eigenvalue weighted by molar-refractivity contribution is 7.89. The molecule has 0 fully saturated rings. The number of amides is 1. The van der Waals surface area contributed by atoms with Crippen LogP contribution in [0.15, 0.2) is 39.8 Å². The van der Waals surface area contributed by atoms with Gasteiger partial charge in [0.25, 0.3) is 15.9 Å². The number of nitrogens with one attached hydrogen (secondary N) is 2. The zero-order valence-electron chi connectivity index (χ0n) is 10.7. The van der Waals surface area contributed by atoms with E-state index in [0.717, 1.165) is 0 Å². The normalized spacial score (nSPS) is 11.4. The number of carbonyl (C=O) groups is 1. The smallest absolute Gasteiger partial charge is 0.269 e. The van der Waals surface area contributed by atoms with E-state index in [9.17, 15) is 13.2 Å². The van der Waals surface area contributed by atoms with Gasteiger partial charge in [0.1, 0.15) is 5.76 Å². The van der Waals surface area contributed by atoms with Crippen LogP contribution in [0.25, 0.3) is 0 Å². The second kappa shape index (κ2) is 6.07. The molecule has 1 heterocycles.